The van der Waals surface area contributed by atoms with Crippen molar-refractivity contribution >= 4 is 5.69 Å². The van der Waals surface area contributed by atoms with Crippen LogP contribution < -0.4 is 5.73 Å². The highest BCUT2D eigenvalue weighted by Crippen LogP contribution is 2.35. The molecule has 1 aromatic rings. The molecule has 0 bridgehead atoms. The van der Waals surface area contributed by atoms with Crippen LogP contribution in [-0.4, -0.2) is 10.2 Å². The standard InChI is InChI=1S/C8H11NO2/c1-4-3-6(10)8(11)7(9)5(4)2/h3,10-11H,9H2,1-2H3. The Kier molecular flexibility index (Phi) is 1.64. The molecule has 0 fully saturated rings. The number of aryl methyl sites for hydroxylation is 1. The molecule has 0 unspecified atom stereocenters. The lowest BCUT2D eigenvalue weighted by Crippen LogP contribution is -1.92. The molecular formula is C8H11NO2. The molecule has 11 heavy (non-hydrogen) atoms. The fraction of sp³-hybridized carbons (Fsp3) is 0.250. The second-order valence-corrected chi connectivity index (χ2v) is 2.60. The van der Waals surface area contributed by atoms with E-state index >= 15 is 0 Å². The fourth-order valence-electron chi connectivity index (χ4n) is 0.910. The highest BCUT2D eigenvalue weighted by Gasteiger charge is 2.08. The Bertz CT molecular complexity index is 268. The lowest BCUT2D eigenvalue weighted by Gasteiger charge is -2.07. The van der Waals surface area contributed by atoms with Gasteiger partial charge in [0, 0.05) is 0 Å². The predicted molar refractivity (Wildman–Crippen MR) is 43.7 cm³/mol. The summed E-state index contributed by atoms with van der Waals surface area (Å²) in [5.74, 6) is -0.390. The Morgan fingerprint density at radius 1 is 1.27 bits per heavy atom. The van der Waals surface area contributed by atoms with Gasteiger partial charge in [-0.2, -0.15) is 0 Å². The minimum atomic E-state index is -0.229. The quantitative estimate of drug-likeness (QED) is 0.388. The van der Waals surface area contributed by atoms with Gasteiger partial charge >= 0.3 is 0 Å². The number of benzene rings is 1. The molecule has 60 valence electrons. The molecule has 4 N–H and O–H groups in total. The molecule has 0 aliphatic carbocycles. The molecule has 0 aliphatic rings. The summed E-state index contributed by atoms with van der Waals surface area (Å²) in [6.45, 7) is 3.62. The summed E-state index contributed by atoms with van der Waals surface area (Å²) in [4.78, 5) is 0. The average molecular weight is 153 g/mol. The summed E-state index contributed by atoms with van der Waals surface area (Å²) in [5.41, 5.74) is 7.40. The van der Waals surface area contributed by atoms with Crippen molar-refractivity contribution < 1.29 is 10.2 Å². The highest BCUT2D eigenvalue weighted by molar-refractivity contribution is 5.65. The number of anilines is 1. The number of phenols is 2. The molecule has 0 saturated carbocycles. The van der Waals surface area contributed by atoms with Crippen molar-refractivity contribution in [3.8, 4) is 11.5 Å². The SMILES string of the molecule is Cc1cc(O)c(O)c(N)c1C. The van der Waals surface area contributed by atoms with Crippen LogP contribution >= 0.6 is 0 Å². The Balaban J connectivity index is 3.46. The maximum absolute atomic E-state index is 9.14. The zero-order valence-electron chi connectivity index (χ0n) is 6.55. The first-order chi connectivity index (χ1) is 5.04. The van der Waals surface area contributed by atoms with E-state index in [0.29, 0.717) is 0 Å². The number of hydrogen-bond donors (Lipinski definition) is 3. The van der Waals surface area contributed by atoms with Gasteiger partial charge in [0.05, 0.1) is 5.69 Å². The van der Waals surface area contributed by atoms with Crippen molar-refractivity contribution in [2.75, 3.05) is 5.73 Å². The van der Waals surface area contributed by atoms with E-state index in [-0.39, 0.29) is 17.2 Å². The van der Waals surface area contributed by atoms with Gasteiger partial charge in [-0.05, 0) is 31.0 Å². The topological polar surface area (TPSA) is 66.5 Å². The van der Waals surface area contributed by atoms with Crippen LogP contribution in [0.3, 0.4) is 0 Å². The third-order valence-electron chi connectivity index (χ3n) is 1.85. The third kappa shape index (κ3) is 1.09. The highest BCUT2D eigenvalue weighted by atomic mass is 16.3. The van der Waals surface area contributed by atoms with Gasteiger partial charge in [0.15, 0.2) is 11.5 Å². The number of hydrogen-bond acceptors (Lipinski definition) is 3. The van der Waals surface area contributed by atoms with E-state index in [2.05, 4.69) is 0 Å². The van der Waals surface area contributed by atoms with E-state index in [1.807, 2.05) is 6.92 Å². The van der Waals surface area contributed by atoms with Crippen LogP contribution in [-0.2, 0) is 0 Å². The number of aromatic hydroxyl groups is 2. The van der Waals surface area contributed by atoms with Gasteiger partial charge in [0.2, 0.25) is 0 Å². The Hall–Kier alpha value is -1.38. The third-order valence-corrected chi connectivity index (χ3v) is 1.85. The van der Waals surface area contributed by atoms with E-state index in [0.717, 1.165) is 11.1 Å². The first-order valence-electron chi connectivity index (χ1n) is 3.31. The molecule has 0 saturated heterocycles. The Morgan fingerprint density at radius 2 is 1.82 bits per heavy atom. The van der Waals surface area contributed by atoms with Crippen molar-refractivity contribution in [2.45, 2.75) is 13.8 Å². The molecular weight excluding hydrogens is 142 g/mol. The monoisotopic (exact) mass is 153 g/mol. The van der Waals surface area contributed by atoms with Crippen LogP contribution in [0, 0.1) is 13.8 Å². The number of rotatable bonds is 0. The van der Waals surface area contributed by atoms with Crippen molar-refractivity contribution in [3.05, 3.63) is 17.2 Å². The summed E-state index contributed by atoms with van der Waals surface area (Å²) >= 11 is 0. The molecule has 1 rings (SSSR count). The van der Waals surface area contributed by atoms with Crippen molar-refractivity contribution in [2.24, 2.45) is 0 Å². The summed E-state index contributed by atoms with van der Waals surface area (Å²) in [5, 5.41) is 18.2. The predicted octanol–water partition coefficient (Wildman–Crippen LogP) is 1.30. The van der Waals surface area contributed by atoms with Crippen LogP contribution in [0.2, 0.25) is 0 Å². The van der Waals surface area contributed by atoms with Crippen LogP contribution in [0.1, 0.15) is 11.1 Å². The molecule has 0 aromatic heterocycles. The van der Waals surface area contributed by atoms with Crippen molar-refractivity contribution in [1.82, 2.24) is 0 Å². The molecule has 0 spiro atoms. The lowest BCUT2D eigenvalue weighted by atomic mass is 10.1. The molecule has 1 aromatic carbocycles. The van der Waals surface area contributed by atoms with Crippen LogP contribution in [0.25, 0.3) is 0 Å². The average Bonchev–Trinajstić information content (AvgIpc) is 1.97. The maximum Gasteiger partial charge on any atom is 0.181 e. The summed E-state index contributed by atoms with van der Waals surface area (Å²) < 4.78 is 0. The maximum atomic E-state index is 9.14. The first-order valence-corrected chi connectivity index (χ1v) is 3.31. The van der Waals surface area contributed by atoms with Crippen molar-refractivity contribution in [1.29, 1.82) is 0 Å². The van der Waals surface area contributed by atoms with Gasteiger partial charge in [-0.15, -0.1) is 0 Å². The number of phenolic OH excluding ortho intramolecular Hbond substituents is 2. The van der Waals surface area contributed by atoms with Gasteiger partial charge < -0.3 is 15.9 Å². The van der Waals surface area contributed by atoms with Gasteiger partial charge in [-0.1, -0.05) is 0 Å². The molecule has 0 radical (unpaired) electrons. The lowest BCUT2D eigenvalue weighted by molar-refractivity contribution is 0.405. The second-order valence-electron chi connectivity index (χ2n) is 2.60. The van der Waals surface area contributed by atoms with Crippen LogP contribution in [0.5, 0.6) is 11.5 Å². The fourth-order valence-corrected chi connectivity index (χ4v) is 0.910. The minimum absolute atomic E-state index is 0.161. The molecule has 0 atom stereocenters. The van der Waals surface area contributed by atoms with E-state index in [1.54, 1.807) is 6.92 Å². The summed E-state index contributed by atoms with van der Waals surface area (Å²) in [6.07, 6.45) is 0. The van der Waals surface area contributed by atoms with Crippen molar-refractivity contribution in [3.63, 3.8) is 0 Å². The van der Waals surface area contributed by atoms with E-state index in [1.165, 1.54) is 6.07 Å². The normalized spacial score (nSPS) is 10.0. The van der Waals surface area contributed by atoms with Gasteiger partial charge in [0.25, 0.3) is 0 Å². The largest absolute Gasteiger partial charge is 0.504 e. The molecule has 3 heteroatoms. The van der Waals surface area contributed by atoms with E-state index in [4.69, 9.17) is 15.9 Å². The van der Waals surface area contributed by atoms with Crippen LogP contribution in [0.4, 0.5) is 5.69 Å². The smallest absolute Gasteiger partial charge is 0.181 e. The zero-order valence-corrected chi connectivity index (χ0v) is 6.55. The summed E-state index contributed by atoms with van der Waals surface area (Å²) in [7, 11) is 0. The minimum Gasteiger partial charge on any atom is -0.504 e. The van der Waals surface area contributed by atoms with Crippen LogP contribution in [0.15, 0.2) is 6.07 Å². The second kappa shape index (κ2) is 2.34. The molecule has 3 nitrogen and oxygen atoms in total. The molecule has 0 aliphatic heterocycles. The van der Waals surface area contributed by atoms with E-state index in [9.17, 15) is 0 Å². The zero-order chi connectivity index (χ0) is 8.59. The molecule has 0 heterocycles. The number of nitrogens with two attached hydrogens (primary N) is 1. The first kappa shape index (κ1) is 7.72. The molecule has 0 amide bonds. The van der Waals surface area contributed by atoms with E-state index < -0.39 is 0 Å². The van der Waals surface area contributed by atoms with Gasteiger partial charge in [-0.3, -0.25) is 0 Å². The van der Waals surface area contributed by atoms with Gasteiger partial charge in [0.1, 0.15) is 0 Å². The summed E-state index contributed by atoms with van der Waals surface area (Å²) in [6, 6.07) is 1.49. The Labute approximate surface area is 65.1 Å². The number of nitrogen functional groups attached to an aromatic ring is 1. The Morgan fingerprint density at radius 3 is 2.36 bits per heavy atom. The van der Waals surface area contributed by atoms with Gasteiger partial charge in [-0.25, -0.2) is 0 Å².